The average molecular weight is 597 g/mol. The molecule has 3 N–H and O–H groups in total. The number of aliphatic carboxylic acids is 3. The van der Waals surface area contributed by atoms with Gasteiger partial charge in [0.05, 0.1) is 6.54 Å². The van der Waals surface area contributed by atoms with Crippen LogP contribution in [0, 0.1) is 0 Å². The van der Waals surface area contributed by atoms with E-state index in [0.717, 1.165) is 32.1 Å². The molecule has 7 nitrogen and oxygen atoms in total. The predicted octanol–water partition coefficient (Wildman–Crippen LogP) is 9.38. The summed E-state index contributed by atoms with van der Waals surface area (Å²) < 4.78 is -0.374. The van der Waals surface area contributed by atoms with E-state index < -0.39 is 36.0 Å². The molecule has 0 aliphatic heterocycles. The number of quaternary nitrogens is 1. The van der Waals surface area contributed by atoms with Gasteiger partial charge in [-0.2, -0.15) is 0 Å². The normalized spacial score (nSPS) is 15.3. The van der Waals surface area contributed by atoms with E-state index >= 15 is 0 Å². The zero-order chi connectivity index (χ0) is 31.6. The fourth-order valence-corrected chi connectivity index (χ4v) is 6.63. The molecule has 0 fully saturated rings. The predicted molar refractivity (Wildman–Crippen MR) is 173 cm³/mol. The van der Waals surface area contributed by atoms with Gasteiger partial charge in [0.15, 0.2) is 18.1 Å². The number of hydrogen-bond donors (Lipinski definition) is 3. The lowest BCUT2D eigenvalue weighted by atomic mass is 9.91. The minimum atomic E-state index is -1.09. The third kappa shape index (κ3) is 15.5. The Balaban J connectivity index is 4.94. The van der Waals surface area contributed by atoms with Gasteiger partial charge in [-0.1, -0.05) is 104 Å². The largest absolute Gasteiger partial charge is 0.477 e. The highest BCUT2D eigenvalue weighted by molar-refractivity contribution is 5.78. The van der Waals surface area contributed by atoms with Crippen LogP contribution >= 0.6 is 0 Å². The lowest BCUT2D eigenvalue weighted by Crippen LogP contribution is -2.72. The van der Waals surface area contributed by atoms with E-state index in [4.69, 9.17) is 0 Å². The van der Waals surface area contributed by atoms with Crippen LogP contribution in [0.15, 0.2) is 12.2 Å². The first kappa shape index (κ1) is 40.1. The maximum atomic E-state index is 12.6. The van der Waals surface area contributed by atoms with Crippen LogP contribution in [0.4, 0.5) is 0 Å². The van der Waals surface area contributed by atoms with Gasteiger partial charge in [0.2, 0.25) is 0 Å². The number of hydrogen-bond acceptors (Lipinski definition) is 3. The van der Waals surface area contributed by atoms with E-state index in [9.17, 15) is 29.7 Å². The van der Waals surface area contributed by atoms with Gasteiger partial charge in [0.25, 0.3) is 0 Å². The zero-order valence-corrected chi connectivity index (χ0v) is 27.7. The van der Waals surface area contributed by atoms with Crippen molar-refractivity contribution < 1.29 is 34.2 Å². The first-order chi connectivity index (χ1) is 20.2. The Bertz CT molecular complexity index is 677. The van der Waals surface area contributed by atoms with Crippen LogP contribution < -0.4 is 0 Å². The summed E-state index contributed by atoms with van der Waals surface area (Å²) >= 11 is 0. The molecule has 0 rings (SSSR count). The van der Waals surface area contributed by atoms with Gasteiger partial charge in [-0.3, -0.25) is 4.48 Å². The lowest BCUT2D eigenvalue weighted by molar-refractivity contribution is -0.973. The standard InChI is InChI=1S/C35H65NO6/c1-5-9-10-11-12-13-14-15-16-17-18-19-20-21-22-23-24-25-29-36(30(26-6-2)33(37)38,31(27-7-3)34(39)40)32(28-8-4)35(41)42/h16-17,30-32H,5-15,18-29H2,1-4H3,(H2-,37,38,39,40,41,42)/p+1/b17-16+. The molecule has 42 heavy (non-hydrogen) atoms. The number of unbranched alkanes of at least 4 members (excludes halogenated alkanes) is 14. The summed E-state index contributed by atoms with van der Waals surface area (Å²) in [7, 11) is 0. The molecule has 0 heterocycles. The monoisotopic (exact) mass is 596 g/mol. The van der Waals surface area contributed by atoms with E-state index in [1.165, 1.54) is 64.2 Å². The number of nitrogens with zero attached hydrogens (tertiary/aromatic N) is 1. The van der Waals surface area contributed by atoms with Gasteiger partial charge in [0.1, 0.15) is 0 Å². The molecule has 246 valence electrons. The second-order valence-corrected chi connectivity index (χ2v) is 12.3. The van der Waals surface area contributed by atoms with Crippen molar-refractivity contribution in [3.63, 3.8) is 0 Å². The van der Waals surface area contributed by atoms with Crippen LogP contribution in [0.5, 0.6) is 0 Å². The van der Waals surface area contributed by atoms with Crippen molar-refractivity contribution >= 4 is 17.9 Å². The molecule has 0 aromatic rings. The van der Waals surface area contributed by atoms with Gasteiger partial charge in [-0.15, -0.1) is 0 Å². The van der Waals surface area contributed by atoms with Crippen LogP contribution in [0.3, 0.4) is 0 Å². The Morgan fingerprint density at radius 1 is 0.476 bits per heavy atom. The molecule has 0 amide bonds. The molecule has 0 aliphatic rings. The van der Waals surface area contributed by atoms with Crippen molar-refractivity contribution in [3.05, 3.63) is 12.2 Å². The summed E-state index contributed by atoms with van der Waals surface area (Å²) in [5.74, 6) is -3.26. The second-order valence-electron chi connectivity index (χ2n) is 12.3. The maximum Gasteiger partial charge on any atom is 0.362 e. The SMILES string of the molecule is CCCCCCCCC/C=C/CCCCCCCCC[N+](C(CCC)C(=O)O)(C(CCC)C(=O)O)C(CCC)C(=O)O. The van der Waals surface area contributed by atoms with E-state index in [2.05, 4.69) is 19.1 Å². The second kappa shape index (κ2) is 25.6. The van der Waals surface area contributed by atoms with Crippen LogP contribution in [-0.4, -0.2) is 62.4 Å². The topological polar surface area (TPSA) is 112 Å². The Labute approximate surface area is 257 Å². The molecule has 0 aliphatic carbocycles. The first-order valence-electron chi connectivity index (χ1n) is 17.4. The molecule has 0 bridgehead atoms. The lowest BCUT2D eigenvalue weighted by Gasteiger charge is -2.50. The number of allylic oxidation sites excluding steroid dienone is 2. The van der Waals surface area contributed by atoms with Crippen molar-refractivity contribution in [1.29, 1.82) is 0 Å². The maximum absolute atomic E-state index is 12.6. The third-order valence-electron chi connectivity index (χ3n) is 8.84. The number of carboxylic acid groups (broad SMARTS) is 3. The summed E-state index contributed by atoms with van der Waals surface area (Å²) in [5, 5.41) is 30.8. The summed E-state index contributed by atoms with van der Waals surface area (Å²) in [6, 6.07) is -3.14. The fourth-order valence-electron chi connectivity index (χ4n) is 6.63. The first-order valence-corrected chi connectivity index (χ1v) is 17.4. The summed E-state index contributed by atoms with van der Waals surface area (Å²) in [5.41, 5.74) is 0. The molecule has 0 radical (unpaired) electrons. The smallest absolute Gasteiger partial charge is 0.362 e. The van der Waals surface area contributed by atoms with Crippen molar-refractivity contribution in [1.82, 2.24) is 0 Å². The van der Waals surface area contributed by atoms with Gasteiger partial charge in [0, 0.05) is 19.3 Å². The molecule has 0 saturated heterocycles. The number of rotatable bonds is 30. The highest BCUT2D eigenvalue weighted by Crippen LogP contribution is 2.34. The van der Waals surface area contributed by atoms with Gasteiger partial charge in [-0.05, 0) is 57.8 Å². The fraction of sp³-hybridized carbons (Fsp3) is 0.857. The molecule has 0 saturated carbocycles. The quantitative estimate of drug-likeness (QED) is 0.0433. The van der Waals surface area contributed by atoms with Crippen molar-refractivity contribution in [2.75, 3.05) is 6.54 Å². The highest BCUT2D eigenvalue weighted by Gasteiger charge is 2.56. The van der Waals surface area contributed by atoms with E-state index in [1.54, 1.807) is 0 Å². The minimum absolute atomic E-state index is 0.268. The van der Waals surface area contributed by atoms with Gasteiger partial charge in [-0.25, -0.2) is 14.4 Å². The van der Waals surface area contributed by atoms with Crippen LogP contribution in [0.1, 0.15) is 169 Å². The van der Waals surface area contributed by atoms with Crippen LogP contribution in [0.2, 0.25) is 0 Å². The molecule has 0 spiro atoms. The van der Waals surface area contributed by atoms with E-state index in [0.29, 0.717) is 25.7 Å². The van der Waals surface area contributed by atoms with Crippen molar-refractivity contribution in [3.8, 4) is 0 Å². The van der Waals surface area contributed by atoms with Crippen molar-refractivity contribution in [2.45, 2.75) is 187 Å². The molecule has 0 aromatic heterocycles. The van der Waals surface area contributed by atoms with Gasteiger partial charge >= 0.3 is 17.9 Å². The summed E-state index contributed by atoms with van der Waals surface area (Å²) in [4.78, 5) is 37.8. The van der Waals surface area contributed by atoms with Crippen LogP contribution in [0.25, 0.3) is 0 Å². The number of carbonyl (C=O) groups is 3. The molecular formula is C35H66NO6+. The van der Waals surface area contributed by atoms with E-state index in [-0.39, 0.29) is 30.3 Å². The zero-order valence-electron chi connectivity index (χ0n) is 27.7. The Hall–Kier alpha value is -1.89. The Morgan fingerprint density at radius 3 is 1.10 bits per heavy atom. The van der Waals surface area contributed by atoms with Crippen LogP contribution in [-0.2, 0) is 14.4 Å². The van der Waals surface area contributed by atoms with Gasteiger partial charge < -0.3 is 15.3 Å². The Kier molecular flexibility index (Phi) is 24.4. The number of carboxylic acids is 3. The third-order valence-corrected chi connectivity index (χ3v) is 8.84. The van der Waals surface area contributed by atoms with E-state index in [1.807, 2.05) is 20.8 Å². The molecule has 0 aromatic carbocycles. The van der Waals surface area contributed by atoms with Crippen molar-refractivity contribution in [2.24, 2.45) is 0 Å². The highest BCUT2D eigenvalue weighted by atomic mass is 16.4. The average Bonchev–Trinajstić information content (AvgIpc) is 2.95. The molecule has 3 atom stereocenters. The summed E-state index contributed by atoms with van der Waals surface area (Å²) in [6.07, 6.45) is 26.0. The Morgan fingerprint density at radius 2 is 0.786 bits per heavy atom. The summed E-state index contributed by atoms with van der Waals surface area (Å²) in [6.45, 7) is 8.16. The molecule has 3 unspecified atom stereocenters. The minimum Gasteiger partial charge on any atom is -0.477 e. The molecule has 7 heteroatoms. The molecular weight excluding hydrogens is 530 g/mol.